The van der Waals surface area contributed by atoms with Gasteiger partial charge in [0, 0.05) is 29.2 Å². The zero-order valence-corrected chi connectivity index (χ0v) is 13.6. The number of nitrogens with one attached hydrogen (secondary N) is 1. The van der Waals surface area contributed by atoms with E-state index in [4.69, 9.17) is 0 Å². The molecule has 0 bridgehead atoms. The number of nitrogens with zero attached hydrogens (tertiary/aromatic N) is 2. The number of anilines is 1. The molecule has 2 rings (SSSR count). The summed E-state index contributed by atoms with van der Waals surface area (Å²) in [4.78, 5) is 24.6. The van der Waals surface area contributed by atoms with Crippen LogP contribution in [-0.2, 0) is 4.79 Å². The molecule has 1 aromatic rings. The number of amides is 1. The second-order valence-corrected chi connectivity index (χ2v) is 6.25. The van der Waals surface area contributed by atoms with Gasteiger partial charge in [0.2, 0.25) is 5.91 Å². The highest BCUT2D eigenvalue weighted by atomic mass is 79.9. The summed E-state index contributed by atoms with van der Waals surface area (Å²) < 4.78 is 0.565. The quantitative estimate of drug-likeness (QED) is 0.665. The lowest BCUT2D eigenvalue weighted by atomic mass is 10.0. The van der Waals surface area contributed by atoms with Gasteiger partial charge in [-0.05, 0) is 34.8 Å². The molecule has 6 nitrogen and oxygen atoms in total. The normalized spacial score (nSPS) is 19.1. The number of hydrogen-bond acceptors (Lipinski definition) is 4. The summed E-state index contributed by atoms with van der Waals surface area (Å²) in [6.45, 7) is 4.65. The van der Waals surface area contributed by atoms with Crippen molar-refractivity contribution < 1.29 is 9.72 Å². The predicted octanol–water partition coefficient (Wildman–Crippen LogP) is 2.85. The smallest absolute Gasteiger partial charge is 0.270 e. The molecule has 1 fully saturated rings. The molecular formula is C14H18BrN3O3. The fraction of sp³-hybridized carbons (Fsp3) is 0.500. The first-order valence-electron chi connectivity index (χ1n) is 6.91. The van der Waals surface area contributed by atoms with Gasteiger partial charge < -0.3 is 10.2 Å². The number of carbonyl (C=O) groups excluding carboxylic acids is 1. The van der Waals surface area contributed by atoms with Crippen LogP contribution in [0.1, 0.15) is 26.7 Å². The number of piperidine rings is 1. The van der Waals surface area contributed by atoms with E-state index in [-0.39, 0.29) is 23.7 Å². The number of carbonyl (C=O) groups is 1. The fourth-order valence-corrected chi connectivity index (χ4v) is 3.08. The third kappa shape index (κ3) is 3.59. The average molecular weight is 356 g/mol. The van der Waals surface area contributed by atoms with Gasteiger partial charge in [-0.15, -0.1) is 0 Å². The van der Waals surface area contributed by atoms with Crippen molar-refractivity contribution in [3.05, 3.63) is 32.8 Å². The minimum absolute atomic E-state index is 0.00642. The summed E-state index contributed by atoms with van der Waals surface area (Å²) in [6, 6.07) is 4.52. The molecule has 1 aromatic carbocycles. The van der Waals surface area contributed by atoms with Gasteiger partial charge in [0.1, 0.15) is 0 Å². The SMILES string of the molecule is CC(C)NC1CCCN(c2ccc([N+](=O)[O-])cc2Br)C1=O. The van der Waals surface area contributed by atoms with Crippen LogP contribution in [0.4, 0.5) is 11.4 Å². The molecule has 114 valence electrons. The minimum atomic E-state index is -0.449. The molecule has 1 amide bonds. The van der Waals surface area contributed by atoms with E-state index in [9.17, 15) is 14.9 Å². The highest BCUT2D eigenvalue weighted by Crippen LogP contribution is 2.32. The first kappa shape index (κ1) is 15.9. The largest absolute Gasteiger partial charge is 0.310 e. The molecule has 0 aliphatic carbocycles. The molecule has 7 heteroatoms. The Morgan fingerprint density at radius 1 is 1.48 bits per heavy atom. The molecule has 0 aromatic heterocycles. The zero-order valence-electron chi connectivity index (χ0n) is 12.0. The Morgan fingerprint density at radius 3 is 2.76 bits per heavy atom. The van der Waals surface area contributed by atoms with E-state index in [1.807, 2.05) is 13.8 Å². The van der Waals surface area contributed by atoms with Crippen LogP contribution in [-0.4, -0.2) is 29.5 Å². The number of hydrogen-bond donors (Lipinski definition) is 1. The Balaban J connectivity index is 2.24. The number of rotatable bonds is 4. The van der Waals surface area contributed by atoms with Crippen molar-refractivity contribution in [2.45, 2.75) is 38.8 Å². The van der Waals surface area contributed by atoms with Crippen molar-refractivity contribution in [2.75, 3.05) is 11.4 Å². The van der Waals surface area contributed by atoms with Gasteiger partial charge in [0.05, 0.1) is 16.7 Å². The first-order chi connectivity index (χ1) is 9.90. The maximum Gasteiger partial charge on any atom is 0.270 e. The van der Waals surface area contributed by atoms with E-state index in [2.05, 4.69) is 21.2 Å². The highest BCUT2D eigenvalue weighted by molar-refractivity contribution is 9.10. The molecule has 1 heterocycles. The minimum Gasteiger partial charge on any atom is -0.310 e. The van der Waals surface area contributed by atoms with Crippen molar-refractivity contribution in [3.63, 3.8) is 0 Å². The van der Waals surface area contributed by atoms with E-state index in [0.29, 0.717) is 16.7 Å². The fourth-order valence-electron chi connectivity index (χ4n) is 2.50. The molecule has 21 heavy (non-hydrogen) atoms. The summed E-state index contributed by atoms with van der Waals surface area (Å²) in [6.07, 6.45) is 1.72. The van der Waals surface area contributed by atoms with Crippen LogP contribution in [0, 0.1) is 10.1 Å². The Kier molecular flexibility index (Phi) is 4.95. The summed E-state index contributed by atoms with van der Waals surface area (Å²) in [5, 5.41) is 14.0. The average Bonchev–Trinajstić information content (AvgIpc) is 2.41. The van der Waals surface area contributed by atoms with Gasteiger partial charge in [0.15, 0.2) is 0 Å². The Bertz CT molecular complexity index is 562. The maximum atomic E-state index is 12.5. The number of nitro benzene ring substituents is 1. The summed E-state index contributed by atoms with van der Waals surface area (Å²) in [5.41, 5.74) is 0.688. The summed E-state index contributed by atoms with van der Waals surface area (Å²) >= 11 is 3.33. The van der Waals surface area contributed by atoms with Crippen molar-refractivity contribution in [2.24, 2.45) is 0 Å². The third-order valence-electron chi connectivity index (χ3n) is 3.41. The van der Waals surface area contributed by atoms with Gasteiger partial charge in [-0.25, -0.2) is 0 Å². The summed E-state index contributed by atoms with van der Waals surface area (Å²) in [7, 11) is 0. The standard InChI is InChI=1S/C14H18BrN3O3/c1-9(2)16-12-4-3-7-17(14(12)19)13-6-5-10(18(20)21)8-11(13)15/h5-6,8-9,12,16H,3-4,7H2,1-2H3. The van der Waals surface area contributed by atoms with Crippen molar-refractivity contribution >= 4 is 33.2 Å². The van der Waals surface area contributed by atoms with E-state index < -0.39 is 4.92 Å². The van der Waals surface area contributed by atoms with Crippen molar-refractivity contribution in [1.29, 1.82) is 0 Å². The molecular weight excluding hydrogens is 338 g/mol. The van der Waals surface area contributed by atoms with Gasteiger partial charge in [-0.2, -0.15) is 0 Å². The molecule has 1 N–H and O–H groups in total. The molecule has 0 radical (unpaired) electrons. The first-order valence-corrected chi connectivity index (χ1v) is 7.71. The van der Waals surface area contributed by atoms with Crippen LogP contribution in [0.5, 0.6) is 0 Å². The number of nitro groups is 1. The topological polar surface area (TPSA) is 75.5 Å². The third-order valence-corrected chi connectivity index (χ3v) is 4.04. The lowest BCUT2D eigenvalue weighted by molar-refractivity contribution is -0.384. The van der Waals surface area contributed by atoms with Crippen LogP contribution in [0.2, 0.25) is 0 Å². The number of halogens is 1. The Hall–Kier alpha value is -1.47. The van der Waals surface area contributed by atoms with Crippen LogP contribution >= 0.6 is 15.9 Å². The lowest BCUT2D eigenvalue weighted by Gasteiger charge is -2.34. The molecule has 0 spiro atoms. The zero-order chi connectivity index (χ0) is 15.6. The van der Waals surface area contributed by atoms with Gasteiger partial charge in [-0.1, -0.05) is 13.8 Å². The molecule has 1 atom stereocenters. The van der Waals surface area contributed by atoms with Crippen LogP contribution in [0.15, 0.2) is 22.7 Å². The lowest BCUT2D eigenvalue weighted by Crippen LogP contribution is -2.52. The van der Waals surface area contributed by atoms with Gasteiger partial charge in [-0.3, -0.25) is 14.9 Å². The van der Waals surface area contributed by atoms with Gasteiger partial charge >= 0.3 is 0 Å². The maximum absolute atomic E-state index is 12.5. The van der Waals surface area contributed by atoms with Crippen LogP contribution < -0.4 is 10.2 Å². The van der Waals surface area contributed by atoms with Crippen molar-refractivity contribution in [3.8, 4) is 0 Å². The van der Waals surface area contributed by atoms with Gasteiger partial charge in [0.25, 0.3) is 5.69 Å². The predicted molar refractivity (Wildman–Crippen MR) is 84.4 cm³/mol. The van der Waals surface area contributed by atoms with E-state index in [0.717, 1.165) is 12.8 Å². The van der Waals surface area contributed by atoms with E-state index in [1.165, 1.54) is 12.1 Å². The molecule has 0 saturated carbocycles. The Morgan fingerprint density at radius 2 is 2.19 bits per heavy atom. The highest BCUT2D eigenvalue weighted by Gasteiger charge is 2.31. The van der Waals surface area contributed by atoms with Crippen LogP contribution in [0.3, 0.4) is 0 Å². The monoisotopic (exact) mass is 355 g/mol. The number of non-ortho nitro benzene ring substituents is 1. The summed E-state index contributed by atoms with van der Waals surface area (Å²) in [5.74, 6) is 0.0181. The molecule has 1 unspecified atom stereocenters. The second-order valence-electron chi connectivity index (χ2n) is 5.40. The molecule has 1 aliphatic heterocycles. The number of benzene rings is 1. The molecule has 1 aliphatic rings. The second kappa shape index (κ2) is 6.53. The van der Waals surface area contributed by atoms with E-state index >= 15 is 0 Å². The molecule has 1 saturated heterocycles. The van der Waals surface area contributed by atoms with Crippen LogP contribution in [0.25, 0.3) is 0 Å². The van der Waals surface area contributed by atoms with Crippen molar-refractivity contribution in [1.82, 2.24) is 5.32 Å². The Labute approximate surface area is 131 Å². The van der Waals surface area contributed by atoms with E-state index in [1.54, 1.807) is 11.0 Å².